The Morgan fingerprint density at radius 3 is 1.89 bits per heavy atom. The molecule has 2 rings (SSSR count). The van der Waals surface area contributed by atoms with Gasteiger partial charge in [-0.15, -0.1) is 0 Å². The molecule has 1 N–H and O–H groups in total. The third-order valence-electron chi connectivity index (χ3n) is 4.88. The molecule has 0 aromatic heterocycles. The van der Waals surface area contributed by atoms with Gasteiger partial charge in [0.15, 0.2) is 0 Å². The van der Waals surface area contributed by atoms with E-state index >= 15 is 0 Å². The van der Waals surface area contributed by atoms with Crippen molar-refractivity contribution in [2.24, 2.45) is 16.7 Å². The molecule has 1 aliphatic carbocycles. The molecule has 100 valence electrons. The molecule has 0 heterocycles. The van der Waals surface area contributed by atoms with Crippen LogP contribution in [0.25, 0.3) is 0 Å². The number of halogens is 2. The molecular weight excluding hydrogens is 234 g/mol. The van der Waals surface area contributed by atoms with Crippen molar-refractivity contribution in [3.63, 3.8) is 0 Å². The number of benzene rings is 1. The normalized spacial score (nSPS) is 22.8. The fourth-order valence-electron chi connectivity index (χ4n) is 3.30. The fourth-order valence-corrected chi connectivity index (χ4v) is 3.30. The summed E-state index contributed by atoms with van der Waals surface area (Å²) in [5.74, 6) is -1.02. The molecule has 1 aromatic carbocycles. The van der Waals surface area contributed by atoms with Crippen LogP contribution in [0.3, 0.4) is 0 Å². The zero-order valence-corrected chi connectivity index (χ0v) is 11.3. The standard InChI is InChI=1S/C15H20F2O/c1-14(2)13(15(14,3)4)12(18)7-9-5-10(16)8-11(17)6-9/h5-6,8,12-13,18H,7H2,1-4H3. The van der Waals surface area contributed by atoms with Crippen LogP contribution in [0.1, 0.15) is 33.3 Å². The summed E-state index contributed by atoms with van der Waals surface area (Å²) in [6.07, 6.45) is -0.261. The highest BCUT2D eigenvalue weighted by Gasteiger charge is 2.66. The van der Waals surface area contributed by atoms with E-state index in [-0.39, 0.29) is 16.7 Å². The molecule has 0 bridgehead atoms. The first-order valence-electron chi connectivity index (χ1n) is 6.29. The van der Waals surface area contributed by atoms with E-state index < -0.39 is 17.7 Å². The van der Waals surface area contributed by atoms with Crippen molar-refractivity contribution < 1.29 is 13.9 Å². The molecule has 18 heavy (non-hydrogen) atoms. The van der Waals surface area contributed by atoms with Gasteiger partial charge in [0.05, 0.1) is 6.10 Å². The number of hydrogen-bond donors (Lipinski definition) is 1. The summed E-state index contributed by atoms with van der Waals surface area (Å²) in [7, 11) is 0. The molecule has 1 unspecified atom stereocenters. The van der Waals surface area contributed by atoms with Crippen LogP contribution in [0.2, 0.25) is 0 Å². The van der Waals surface area contributed by atoms with Crippen LogP contribution in [-0.2, 0) is 6.42 Å². The number of rotatable bonds is 3. The highest BCUT2D eigenvalue weighted by atomic mass is 19.1. The molecule has 0 aliphatic heterocycles. The first kappa shape index (κ1) is 13.5. The highest BCUT2D eigenvalue weighted by molar-refractivity contribution is 5.22. The third kappa shape index (κ3) is 2.05. The molecule has 1 fully saturated rings. The summed E-state index contributed by atoms with van der Waals surface area (Å²) >= 11 is 0. The monoisotopic (exact) mass is 254 g/mol. The van der Waals surface area contributed by atoms with Crippen molar-refractivity contribution in [2.75, 3.05) is 0 Å². The largest absolute Gasteiger partial charge is 0.392 e. The second-order valence-corrected chi connectivity index (χ2v) is 6.47. The zero-order valence-electron chi connectivity index (χ0n) is 11.3. The lowest BCUT2D eigenvalue weighted by molar-refractivity contribution is 0.129. The molecule has 0 amide bonds. The van der Waals surface area contributed by atoms with Gasteiger partial charge >= 0.3 is 0 Å². The minimum Gasteiger partial charge on any atom is -0.392 e. The Hall–Kier alpha value is -0.960. The molecule has 3 heteroatoms. The Balaban J connectivity index is 2.11. The molecule has 1 aliphatic rings. The van der Waals surface area contributed by atoms with E-state index in [0.29, 0.717) is 12.0 Å². The van der Waals surface area contributed by atoms with Crippen molar-refractivity contribution in [3.8, 4) is 0 Å². The molecular formula is C15H20F2O. The number of hydrogen-bond acceptors (Lipinski definition) is 1. The average molecular weight is 254 g/mol. The third-order valence-corrected chi connectivity index (χ3v) is 4.88. The maximum absolute atomic E-state index is 13.1. The summed E-state index contributed by atoms with van der Waals surface area (Å²) in [5.41, 5.74) is 0.648. The number of aliphatic hydroxyl groups is 1. The SMILES string of the molecule is CC1(C)C(C(O)Cc2cc(F)cc(F)c2)C1(C)C. The van der Waals surface area contributed by atoms with Crippen molar-refractivity contribution >= 4 is 0 Å². The molecule has 0 radical (unpaired) electrons. The maximum atomic E-state index is 13.1. The van der Waals surface area contributed by atoms with Crippen LogP contribution in [0.15, 0.2) is 18.2 Å². The van der Waals surface area contributed by atoms with E-state index in [2.05, 4.69) is 27.7 Å². The van der Waals surface area contributed by atoms with Crippen molar-refractivity contribution in [2.45, 2.75) is 40.2 Å². The second kappa shape index (κ2) is 4.02. The van der Waals surface area contributed by atoms with E-state index in [4.69, 9.17) is 0 Å². The Kier molecular flexibility index (Phi) is 3.01. The molecule has 0 spiro atoms. The van der Waals surface area contributed by atoms with Gasteiger partial charge in [-0.05, 0) is 40.9 Å². The smallest absolute Gasteiger partial charge is 0.126 e. The van der Waals surface area contributed by atoms with Gasteiger partial charge in [-0.25, -0.2) is 8.78 Å². The van der Waals surface area contributed by atoms with Crippen molar-refractivity contribution in [1.29, 1.82) is 0 Å². The van der Waals surface area contributed by atoms with E-state index in [1.807, 2.05) is 0 Å². The van der Waals surface area contributed by atoms with E-state index in [1.54, 1.807) is 0 Å². The minimum atomic E-state index is -0.591. The van der Waals surface area contributed by atoms with Crippen LogP contribution in [0.4, 0.5) is 8.78 Å². The van der Waals surface area contributed by atoms with Gasteiger partial charge < -0.3 is 5.11 Å². The Morgan fingerprint density at radius 1 is 1.06 bits per heavy atom. The van der Waals surface area contributed by atoms with Gasteiger partial charge in [0, 0.05) is 6.07 Å². The Morgan fingerprint density at radius 2 is 1.50 bits per heavy atom. The maximum Gasteiger partial charge on any atom is 0.126 e. The second-order valence-electron chi connectivity index (χ2n) is 6.47. The van der Waals surface area contributed by atoms with Gasteiger partial charge in [-0.2, -0.15) is 0 Å². The first-order chi connectivity index (χ1) is 8.16. The Labute approximate surface area is 107 Å². The van der Waals surface area contributed by atoms with Gasteiger partial charge in [0.2, 0.25) is 0 Å². The molecule has 0 saturated heterocycles. The topological polar surface area (TPSA) is 20.2 Å². The van der Waals surface area contributed by atoms with Crippen LogP contribution >= 0.6 is 0 Å². The van der Waals surface area contributed by atoms with Gasteiger partial charge in [-0.1, -0.05) is 27.7 Å². The summed E-state index contributed by atoms with van der Waals surface area (Å²) in [4.78, 5) is 0. The summed E-state index contributed by atoms with van der Waals surface area (Å²) < 4.78 is 26.2. The van der Waals surface area contributed by atoms with Gasteiger partial charge in [-0.3, -0.25) is 0 Å². The predicted octanol–water partition coefficient (Wildman–Crippen LogP) is 3.55. The van der Waals surface area contributed by atoms with E-state index in [0.717, 1.165) is 6.07 Å². The minimum absolute atomic E-state index is 0.0677. The highest BCUT2D eigenvalue weighted by Crippen LogP contribution is 2.69. The molecule has 1 atom stereocenters. The zero-order chi connectivity index (χ0) is 13.7. The molecule has 1 saturated carbocycles. The predicted molar refractivity (Wildman–Crippen MR) is 67.1 cm³/mol. The average Bonchev–Trinajstić information content (AvgIpc) is 2.54. The molecule has 1 aromatic rings. The van der Waals surface area contributed by atoms with E-state index in [1.165, 1.54) is 12.1 Å². The van der Waals surface area contributed by atoms with Crippen LogP contribution in [-0.4, -0.2) is 11.2 Å². The lowest BCUT2D eigenvalue weighted by atomic mass is 9.99. The lowest BCUT2D eigenvalue weighted by Crippen LogP contribution is -2.17. The number of aliphatic hydroxyl groups excluding tert-OH is 1. The van der Waals surface area contributed by atoms with Gasteiger partial charge in [0.1, 0.15) is 11.6 Å². The first-order valence-corrected chi connectivity index (χ1v) is 6.29. The van der Waals surface area contributed by atoms with Crippen LogP contribution < -0.4 is 0 Å². The summed E-state index contributed by atoms with van der Waals surface area (Å²) in [5, 5.41) is 10.3. The quantitative estimate of drug-likeness (QED) is 0.874. The lowest BCUT2D eigenvalue weighted by Gasteiger charge is -2.13. The van der Waals surface area contributed by atoms with E-state index in [9.17, 15) is 13.9 Å². The summed E-state index contributed by atoms with van der Waals surface area (Å²) in [6, 6.07) is 3.42. The Bertz CT molecular complexity index is 431. The van der Waals surface area contributed by atoms with Crippen molar-refractivity contribution in [1.82, 2.24) is 0 Å². The van der Waals surface area contributed by atoms with Gasteiger partial charge in [0.25, 0.3) is 0 Å². The van der Waals surface area contributed by atoms with Crippen LogP contribution in [0.5, 0.6) is 0 Å². The molecule has 1 nitrogen and oxygen atoms in total. The summed E-state index contributed by atoms with van der Waals surface area (Å²) in [6.45, 7) is 8.47. The van der Waals surface area contributed by atoms with Crippen molar-refractivity contribution in [3.05, 3.63) is 35.4 Å². The van der Waals surface area contributed by atoms with Crippen LogP contribution in [0, 0.1) is 28.4 Å². The fraction of sp³-hybridized carbons (Fsp3) is 0.600.